The number of nitrogens with zero attached hydrogens (tertiary/aromatic N) is 3. The monoisotopic (exact) mass is 439 g/mol. The Kier molecular flexibility index (Phi) is 7.78. The number of amides is 1. The molecule has 3 rings (SSSR count). The number of thiazole rings is 1. The SMILES string of the molecule is COc1cc(OC)cc(C(=O)N(CCN(C)C)c2nc3ccc(F)cc3s2)c1.Cl. The van der Waals surface area contributed by atoms with Gasteiger partial charge in [-0.25, -0.2) is 9.37 Å². The summed E-state index contributed by atoms with van der Waals surface area (Å²) in [6.07, 6.45) is 0. The number of benzene rings is 2. The van der Waals surface area contributed by atoms with E-state index in [4.69, 9.17) is 9.47 Å². The maximum Gasteiger partial charge on any atom is 0.260 e. The van der Waals surface area contributed by atoms with Gasteiger partial charge in [-0.15, -0.1) is 12.4 Å². The van der Waals surface area contributed by atoms with Crippen molar-refractivity contribution in [2.75, 3.05) is 46.3 Å². The van der Waals surface area contributed by atoms with E-state index in [-0.39, 0.29) is 24.1 Å². The van der Waals surface area contributed by atoms with Gasteiger partial charge in [0.25, 0.3) is 5.91 Å². The third kappa shape index (κ3) is 5.35. The van der Waals surface area contributed by atoms with E-state index in [2.05, 4.69) is 4.98 Å². The van der Waals surface area contributed by atoms with Crippen LogP contribution in [0.15, 0.2) is 36.4 Å². The molecule has 0 unspecified atom stereocenters. The molecule has 0 bridgehead atoms. The lowest BCUT2D eigenvalue weighted by atomic mass is 10.1. The van der Waals surface area contributed by atoms with E-state index in [1.54, 1.807) is 29.2 Å². The Morgan fingerprint density at radius 2 is 1.72 bits per heavy atom. The van der Waals surface area contributed by atoms with Crippen LogP contribution < -0.4 is 14.4 Å². The van der Waals surface area contributed by atoms with Gasteiger partial charge in [0.15, 0.2) is 5.13 Å². The quantitative estimate of drug-likeness (QED) is 0.555. The number of carbonyl (C=O) groups excluding carboxylic acids is 1. The minimum absolute atomic E-state index is 0. The minimum Gasteiger partial charge on any atom is -0.497 e. The fourth-order valence-corrected chi connectivity index (χ4v) is 3.69. The maximum atomic E-state index is 13.6. The average Bonchev–Trinajstić information content (AvgIpc) is 3.09. The van der Waals surface area contributed by atoms with Crippen LogP contribution in [0.25, 0.3) is 10.2 Å². The van der Waals surface area contributed by atoms with Crippen molar-refractivity contribution in [2.24, 2.45) is 0 Å². The summed E-state index contributed by atoms with van der Waals surface area (Å²) in [5, 5.41) is 0.522. The summed E-state index contributed by atoms with van der Waals surface area (Å²) in [5.41, 5.74) is 1.09. The van der Waals surface area contributed by atoms with Crippen molar-refractivity contribution in [1.29, 1.82) is 0 Å². The van der Waals surface area contributed by atoms with Crippen LogP contribution in [-0.2, 0) is 0 Å². The van der Waals surface area contributed by atoms with Gasteiger partial charge in [0.1, 0.15) is 17.3 Å². The second-order valence-corrected chi connectivity index (χ2v) is 7.48. The smallest absolute Gasteiger partial charge is 0.260 e. The van der Waals surface area contributed by atoms with E-state index in [1.165, 1.54) is 37.7 Å². The Labute approximate surface area is 179 Å². The summed E-state index contributed by atoms with van der Waals surface area (Å²) in [7, 11) is 6.94. The minimum atomic E-state index is -0.327. The first-order chi connectivity index (χ1) is 13.4. The third-order valence-corrected chi connectivity index (χ3v) is 5.23. The lowest BCUT2D eigenvalue weighted by Gasteiger charge is -2.22. The topological polar surface area (TPSA) is 54.9 Å². The van der Waals surface area contributed by atoms with Gasteiger partial charge in [-0.1, -0.05) is 11.3 Å². The molecule has 2 aromatic carbocycles. The number of methoxy groups -OCH3 is 2. The molecule has 0 aliphatic carbocycles. The highest BCUT2D eigenvalue weighted by molar-refractivity contribution is 7.22. The van der Waals surface area contributed by atoms with E-state index >= 15 is 0 Å². The molecule has 0 aliphatic rings. The van der Waals surface area contributed by atoms with Crippen LogP contribution >= 0.6 is 23.7 Å². The summed E-state index contributed by atoms with van der Waals surface area (Å²) in [5.74, 6) is 0.508. The van der Waals surface area contributed by atoms with E-state index in [9.17, 15) is 9.18 Å². The van der Waals surface area contributed by atoms with Crippen LogP contribution in [0.1, 0.15) is 10.4 Å². The van der Waals surface area contributed by atoms with Gasteiger partial charge < -0.3 is 14.4 Å². The number of anilines is 1. The highest BCUT2D eigenvalue weighted by Gasteiger charge is 2.23. The Morgan fingerprint density at radius 1 is 1.07 bits per heavy atom. The zero-order chi connectivity index (χ0) is 20.3. The summed E-state index contributed by atoms with van der Waals surface area (Å²) >= 11 is 1.29. The van der Waals surface area contributed by atoms with Crippen LogP contribution in [0, 0.1) is 5.82 Å². The first kappa shape index (κ1) is 22.9. The molecule has 3 aromatic rings. The van der Waals surface area contributed by atoms with Crippen LogP contribution in [0.4, 0.5) is 9.52 Å². The predicted octanol–water partition coefficient (Wildman–Crippen LogP) is 4.08. The number of likely N-dealkylation sites (N-methyl/N-ethyl adjacent to an activating group) is 1. The molecule has 29 heavy (non-hydrogen) atoms. The molecule has 0 atom stereocenters. The number of rotatable bonds is 7. The maximum absolute atomic E-state index is 13.6. The molecular formula is C20H23ClFN3O3S. The van der Waals surface area contributed by atoms with Crippen LogP contribution in [-0.4, -0.2) is 57.2 Å². The van der Waals surface area contributed by atoms with E-state index in [0.29, 0.717) is 45.5 Å². The zero-order valence-electron chi connectivity index (χ0n) is 16.6. The molecule has 0 saturated carbocycles. The van der Waals surface area contributed by atoms with Crippen molar-refractivity contribution < 1.29 is 18.7 Å². The molecule has 0 aliphatic heterocycles. The highest BCUT2D eigenvalue weighted by Crippen LogP contribution is 2.31. The van der Waals surface area contributed by atoms with E-state index < -0.39 is 0 Å². The summed E-state index contributed by atoms with van der Waals surface area (Å²) in [6.45, 7) is 1.09. The van der Waals surface area contributed by atoms with Gasteiger partial charge in [0, 0.05) is 24.7 Å². The molecule has 156 valence electrons. The number of hydrogen-bond donors (Lipinski definition) is 0. The van der Waals surface area contributed by atoms with Gasteiger partial charge in [-0.3, -0.25) is 9.69 Å². The summed E-state index contributed by atoms with van der Waals surface area (Å²) in [4.78, 5) is 21.5. The molecule has 1 amide bonds. The Balaban J connectivity index is 0.00000300. The van der Waals surface area contributed by atoms with Gasteiger partial charge in [-0.05, 0) is 44.4 Å². The van der Waals surface area contributed by atoms with E-state index in [0.717, 1.165) is 0 Å². The average molecular weight is 440 g/mol. The largest absolute Gasteiger partial charge is 0.497 e. The van der Waals surface area contributed by atoms with Crippen molar-refractivity contribution in [1.82, 2.24) is 9.88 Å². The molecule has 6 nitrogen and oxygen atoms in total. The van der Waals surface area contributed by atoms with Gasteiger partial charge in [0.05, 0.1) is 24.4 Å². The first-order valence-electron chi connectivity index (χ1n) is 8.67. The van der Waals surface area contributed by atoms with Crippen molar-refractivity contribution in [3.63, 3.8) is 0 Å². The van der Waals surface area contributed by atoms with Crippen molar-refractivity contribution in [2.45, 2.75) is 0 Å². The van der Waals surface area contributed by atoms with Gasteiger partial charge in [-0.2, -0.15) is 0 Å². The number of ether oxygens (including phenoxy) is 2. The zero-order valence-corrected chi connectivity index (χ0v) is 18.3. The lowest BCUT2D eigenvalue weighted by Crippen LogP contribution is -2.36. The van der Waals surface area contributed by atoms with Crippen LogP contribution in [0.3, 0.4) is 0 Å². The lowest BCUT2D eigenvalue weighted by molar-refractivity contribution is 0.0984. The summed E-state index contributed by atoms with van der Waals surface area (Å²) in [6, 6.07) is 9.46. The second kappa shape index (κ2) is 9.87. The molecule has 0 N–H and O–H groups in total. The van der Waals surface area contributed by atoms with Crippen molar-refractivity contribution in [3.05, 3.63) is 47.8 Å². The van der Waals surface area contributed by atoms with Gasteiger partial charge >= 0.3 is 0 Å². The molecular weight excluding hydrogens is 417 g/mol. The molecule has 1 heterocycles. The predicted molar refractivity (Wildman–Crippen MR) is 117 cm³/mol. The standard InChI is InChI=1S/C20H22FN3O3S.ClH/c1-23(2)7-8-24(20-22-17-6-5-14(21)11-18(17)28-20)19(25)13-9-15(26-3)12-16(10-13)27-4;/h5-6,9-12H,7-8H2,1-4H3;1H. The van der Waals surface area contributed by atoms with E-state index in [1.807, 2.05) is 19.0 Å². The fraction of sp³-hybridized carbons (Fsp3) is 0.300. The van der Waals surface area contributed by atoms with Crippen molar-refractivity contribution in [3.8, 4) is 11.5 Å². The Bertz CT molecular complexity index is 974. The molecule has 0 fully saturated rings. The molecule has 0 radical (unpaired) electrons. The molecule has 0 saturated heterocycles. The third-order valence-electron chi connectivity index (χ3n) is 4.18. The number of aromatic nitrogens is 1. The van der Waals surface area contributed by atoms with Crippen LogP contribution in [0.2, 0.25) is 0 Å². The fourth-order valence-electron chi connectivity index (χ4n) is 2.67. The Hall–Kier alpha value is -2.42. The molecule has 0 spiro atoms. The number of hydrogen-bond acceptors (Lipinski definition) is 6. The van der Waals surface area contributed by atoms with Gasteiger partial charge in [0.2, 0.25) is 0 Å². The Morgan fingerprint density at radius 3 is 2.31 bits per heavy atom. The molecule has 1 aromatic heterocycles. The number of fused-ring (bicyclic) bond motifs is 1. The highest BCUT2D eigenvalue weighted by atomic mass is 35.5. The normalized spacial score (nSPS) is 10.7. The first-order valence-corrected chi connectivity index (χ1v) is 9.48. The van der Waals surface area contributed by atoms with Crippen molar-refractivity contribution >= 4 is 45.0 Å². The number of halogens is 2. The number of carbonyl (C=O) groups is 1. The summed E-state index contributed by atoms with van der Waals surface area (Å²) < 4.78 is 24.8. The van der Waals surface area contributed by atoms with Crippen LogP contribution in [0.5, 0.6) is 11.5 Å². The molecule has 9 heteroatoms. The second-order valence-electron chi connectivity index (χ2n) is 6.47.